The van der Waals surface area contributed by atoms with Crippen LogP contribution in [0.15, 0.2) is 30.2 Å². The molecule has 0 unspecified atom stereocenters. The van der Waals surface area contributed by atoms with Gasteiger partial charge < -0.3 is 5.73 Å². The van der Waals surface area contributed by atoms with Gasteiger partial charge in [0.05, 0.1) is 0 Å². The molecule has 0 radical (unpaired) electrons. The molecule has 1 atom stereocenters. The summed E-state index contributed by atoms with van der Waals surface area (Å²) in [5.41, 5.74) is 5.89. The van der Waals surface area contributed by atoms with E-state index in [0.29, 0.717) is 0 Å². The van der Waals surface area contributed by atoms with E-state index in [1.165, 1.54) is 4.88 Å². The summed E-state index contributed by atoms with van der Waals surface area (Å²) in [6.07, 6.45) is 3.91. The zero-order valence-electron chi connectivity index (χ0n) is 6.90. The number of nitrogens with two attached hydrogens (primary N) is 1. The van der Waals surface area contributed by atoms with Gasteiger partial charge in [-0.2, -0.15) is 0 Å². The first-order valence-corrected chi connectivity index (χ1v) is 4.62. The molecule has 0 saturated carbocycles. The van der Waals surface area contributed by atoms with Crippen molar-refractivity contribution in [1.29, 1.82) is 0 Å². The van der Waals surface area contributed by atoms with Crippen molar-refractivity contribution in [3.05, 3.63) is 35.0 Å². The van der Waals surface area contributed by atoms with Crippen molar-refractivity contribution in [3.63, 3.8) is 0 Å². The predicted molar refractivity (Wildman–Crippen MR) is 57.9 cm³/mol. The molecule has 12 heavy (non-hydrogen) atoms. The molecule has 0 aliphatic rings. The van der Waals surface area contributed by atoms with E-state index >= 15 is 0 Å². The Labute approximate surface area is 83.7 Å². The van der Waals surface area contributed by atoms with Gasteiger partial charge in [0.15, 0.2) is 0 Å². The normalized spacial score (nSPS) is 11.8. The molecular weight excluding hydrogens is 190 g/mol. The fraction of sp³-hybridized carbons (Fsp3) is 0.333. The van der Waals surface area contributed by atoms with Crippen LogP contribution in [0, 0.1) is 0 Å². The molecule has 2 N–H and O–H groups in total. The van der Waals surface area contributed by atoms with Gasteiger partial charge in [0.1, 0.15) is 0 Å². The van der Waals surface area contributed by atoms with Crippen molar-refractivity contribution >= 4 is 23.7 Å². The van der Waals surface area contributed by atoms with Crippen LogP contribution < -0.4 is 5.73 Å². The van der Waals surface area contributed by atoms with E-state index in [9.17, 15) is 0 Å². The highest BCUT2D eigenvalue weighted by atomic mass is 35.5. The standard InChI is InChI=1S/C9H13NS.ClH/c1-2-3-5-8(10)9-6-4-7-11-9;/h2,4,6-8H,1,3,5,10H2;1H/t8-;/m1./s1. The topological polar surface area (TPSA) is 26.0 Å². The summed E-state index contributed by atoms with van der Waals surface area (Å²) in [7, 11) is 0. The molecule has 0 bridgehead atoms. The Bertz CT molecular complexity index is 208. The van der Waals surface area contributed by atoms with Crippen LogP contribution in [0.2, 0.25) is 0 Å². The summed E-state index contributed by atoms with van der Waals surface area (Å²) in [5, 5.41) is 2.06. The third-order valence-corrected chi connectivity index (χ3v) is 2.59. The highest BCUT2D eigenvalue weighted by Gasteiger charge is 2.04. The Morgan fingerprint density at radius 3 is 2.92 bits per heavy atom. The lowest BCUT2D eigenvalue weighted by atomic mass is 10.1. The van der Waals surface area contributed by atoms with Crippen molar-refractivity contribution in [3.8, 4) is 0 Å². The summed E-state index contributed by atoms with van der Waals surface area (Å²) >= 11 is 1.72. The average molecular weight is 204 g/mol. The quantitative estimate of drug-likeness (QED) is 0.748. The van der Waals surface area contributed by atoms with Gasteiger partial charge in [-0.15, -0.1) is 30.3 Å². The summed E-state index contributed by atoms with van der Waals surface area (Å²) in [6.45, 7) is 3.66. The molecule has 0 aliphatic heterocycles. The molecule has 1 rings (SSSR count). The molecule has 0 fully saturated rings. The number of hydrogen-bond acceptors (Lipinski definition) is 2. The number of thiophene rings is 1. The Morgan fingerprint density at radius 2 is 2.42 bits per heavy atom. The fourth-order valence-electron chi connectivity index (χ4n) is 0.942. The van der Waals surface area contributed by atoms with Gasteiger partial charge >= 0.3 is 0 Å². The molecule has 68 valence electrons. The van der Waals surface area contributed by atoms with E-state index in [2.05, 4.69) is 18.0 Å². The van der Waals surface area contributed by atoms with Gasteiger partial charge in [-0.3, -0.25) is 0 Å². The second-order valence-corrected chi connectivity index (χ2v) is 3.47. The smallest absolute Gasteiger partial charge is 0.0392 e. The van der Waals surface area contributed by atoms with Crippen molar-refractivity contribution in [1.82, 2.24) is 0 Å². The maximum atomic E-state index is 5.89. The van der Waals surface area contributed by atoms with E-state index < -0.39 is 0 Å². The number of halogens is 1. The Hall–Kier alpha value is -0.310. The first-order valence-electron chi connectivity index (χ1n) is 3.74. The van der Waals surface area contributed by atoms with Crippen molar-refractivity contribution in [2.75, 3.05) is 0 Å². The Balaban J connectivity index is 0.00000121. The first-order chi connectivity index (χ1) is 5.34. The third kappa shape index (κ3) is 3.39. The number of rotatable bonds is 4. The summed E-state index contributed by atoms with van der Waals surface area (Å²) < 4.78 is 0. The van der Waals surface area contributed by atoms with Crippen LogP contribution in [0.25, 0.3) is 0 Å². The highest BCUT2D eigenvalue weighted by Crippen LogP contribution is 2.20. The van der Waals surface area contributed by atoms with Crippen molar-refractivity contribution in [2.45, 2.75) is 18.9 Å². The monoisotopic (exact) mass is 203 g/mol. The molecule has 1 aromatic heterocycles. The van der Waals surface area contributed by atoms with Gasteiger partial charge in [-0.25, -0.2) is 0 Å². The van der Waals surface area contributed by atoms with Crippen LogP contribution in [0.4, 0.5) is 0 Å². The minimum Gasteiger partial charge on any atom is -0.323 e. The van der Waals surface area contributed by atoms with Gasteiger partial charge in [0.25, 0.3) is 0 Å². The molecule has 0 amide bonds. The molecule has 1 nitrogen and oxygen atoms in total. The van der Waals surface area contributed by atoms with E-state index in [4.69, 9.17) is 5.73 Å². The molecule has 0 aromatic carbocycles. The van der Waals surface area contributed by atoms with Gasteiger partial charge in [0.2, 0.25) is 0 Å². The molecule has 0 aliphatic carbocycles. The van der Waals surface area contributed by atoms with Crippen molar-refractivity contribution < 1.29 is 0 Å². The van der Waals surface area contributed by atoms with Crippen LogP contribution >= 0.6 is 23.7 Å². The van der Waals surface area contributed by atoms with Gasteiger partial charge in [-0.05, 0) is 24.3 Å². The molecule has 0 spiro atoms. The molecule has 1 heterocycles. The minimum absolute atomic E-state index is 0. The summed E-state index contributed by atoms with van der Waals surface area (Å²) in [6, 6.07) is 4.32. The second-order valence-electron chi connectivity index (χ2n) is 2.49. The second kappa shape index (κ2) is 6.23. The Morgan fingerprint density at radius 1 is 1.67 bits per heavy atom. The Kier molecular flexibility index (Phi) is 6.07. The lowest BCUT2D eigenvalue weighted by Gasteiger charge is -2.06. The zero-order valence-corrected chi connectivity index (χ0v) is 8.53. The van der Waals surface area contributed by atoms with Gasteiger partial charge in [-0.1, -0.05) is 12.1 Å². The minimum atomic E-state index is 0. The maximum absolute atomic E-state index is 5.89. The first kappa shape index (κ1) is 11.7. The lowest BCUT2D eigenvalue weighted by Crippen LogP contribution is -2.07. The predicted octanol–water partition coefficient (Wildman–Crippen LogP) is 3.14. The highest BCUT2D eigenvalue weighted by molar-refractivity contribution is 7.10. The molecule has 3 heteroatoms. The summed E-state index contributed by atoms with van der Waals surface area (Å²) in [4.78, 5) is 1.27. The van der Waals surface area contributed by atoms with E-state index in [-0.39, 0.29) is 18.4 Å². The molecule has 0 saturated heterocycles. The van der Waals surface area contributed by atoms with E-state index in [1.54, 1.807) is 11.3 Å². The number of allylic oxidation sites excluding steroid dienone is 1. The number of hydrogen-bond donors (Lipinski definition) is 1. The SMILES string of the molecule is C=CCC[C@@H](N)c1cccs1.Cl. The van der Waals surface area contributed by atoms with Crippen LogP contribution in [-0.4, -0.2) is 0 Å². The zero-order chi connectivity index (χ0) is 8.10. The van der Waals surface area contributed by atoms with Crippen LogP contribution in [0.5, 0.6) is 0 Å². The molecular formula is C9H14ClNS. The van der Waals surface area contributed by atoms with E-state index in [0.717, 1.165) is 12.8 Å². The van der Waals surface area contributed by atoms with Crippen LogP contribution in [-0.2, 0) is 0 Å². The molecule has 1 aromatic rings. The largest absolute Gasteiger partial charge is 0.323 e. The average Bonchev–Trinajstić information content (AvgIpc) is 2.52. The van der Waals surface area contributed by atoms with Gasteiger partial charge in [0, 0.05) is 10.9 Å². The fourth-order valence-corrected chi connectivity index (χ4v) is 1.71. The van der Waals surface area contributed by atoms with Crippen molar-refractivity contribution in [2.24, 2.45) is 5.73 Å². The lowest BCUT2D eigenvalue weighted by molar-refractivity contribution is 0.673. The maximum Gasteiger partial charge on any atom is 0.0392 e. The van der Waals surface area contributed by atoms with E-state index in [1.807, 2.05) is 12.1 Å². The third-order valence-electron chi connectivity index (χ3n) is 1.59. The van der Waals surface area contributed by atoms with Crippen LogP contribution in [0.1, 0.15) is 23.8 Å². The van der Waals surface area contributed by atoms with Crippen LogP contribution in [0.3, 0.4) is 0 Å². The summed E-state index contributed by atoms with van der Waals surface area (Å²) in [5.74, 6) is 0.